The Kier molecular flexibility index (Phi) is 7.38. The van der Waals surface area contributed by atoms with Crippen LogP contribution in [0.15, 0.2) is 79.1 Å². The van der Waals surface area contributed by atoms with E-state index in [1.54, 1.807) is 36.7 Å². The van der Waals surface area contributed by atoms with Gasteiger partial charge in [0, 0.05) is 18.9 Å². The van der Waals surface area contributed by atoms with Crippen LogP contribution in [0.2, 0.25) is 0 Å². The third kappa shape index (κ3) is 5.65. The maximum Gasteiger partial charge on any atom is 0.214 e. The molecule has 0 saturated carbocycles. The first-order chi connectivity index (χ1) is 17.1. The SMILES string of the molecule is N#Cc1cccc(F)c1-c1ccc(N(C=O)Cc2cccnc2)c(NCCc2cccc(F)c2)n1. The van der Waals surface area contributed by atoms with Crippen LogP contribution < -0.4 is 10.2 Å². The van der Waals surface area contributed by atoms with Crippen LogP contribution in [0.3, 0.4) is 0 Å². The second-order valence-corrected chi connectivity index (χ2v) is 7.74. The maximum absolute atomic E-state index is 14.7. The molecule has 0 aliphatic carbocycles. The van der Waals surface area contributed by atoms with Crippen molar-refractivity contribution < 1.29 is 13.6 Å². The molecular formula is C27H21F2N5O. The van der Waals surface area contributed by atoms with Gasteiger partial charge < -0.3 is 10.2 Å². The van der Waals surface area contributed by atoms with Crippen molar-refractivity contribution in [2.45, 2.75) is 13.0 Å². The van der Waals surface area contributed by atoms with Gasteiger partial charge in [0.05, 0.1) is 35.1 Å². The Bertz CT molecular complexity index is 1370. The summed E-state index contributed by atoms with van der Waals surface area (Å²) in [5, 5.41) is 12.7. The maximum atomic E-state index is 14.7. The topological polar surface area (TPSA) is 81.9 Å². The number of nitrogens with zero attached hydrogens (tertiary/aromatic N) is 4. The lowest BCUT2D eigenvalue weighted by Gasteiger charge is -2.22. The summed E-state index contributed by atoms with van der Waals surface area (Å²) < 4.78 is 28.2. The van der Waals surface area contributed by atoms with Gasteiger partial charge in [0.25, 0.3) is 0 Å². The number of halogens is 2. The Labute approximate surface area is 201 Å². The van der Waals surface area contributed by atoms with E-state index in [4.69, 9.17) is 0 Å². The Morgan fingerprint density at radius 3 is 2.60 bits per heavy atom. The smallest absolute Gasteiger partial charge is 0.214 e. The minimum Gasteiger partial charge on any atom is -0.368 e. The lowest BCUT2D eigenvalue weighted by molar-refractivity contribution is -0.107. The standard InChI is InChI=1S/C27H21F2N5O/c28-22-7-1-4-19(14-22)11-13-32-27-25(34(18-35)17-20-5-3-12-31-16-20)10-9-24(33-27)26-21(15-30)6-2-8-23(26)29/h1-10,12,14,16,18H,11,13,17H2,(H,32,33). The second kappa shape index (κ2) is 11.0. The molecule has 0 aliphatic rings. The predicted octanol–water partition coefficient (Wildman–Crippen LogP) is 5.11. The quantitative estimate of drug-likeness (QED) is 0.345. The highest BCUT2D eigenvalue weighted by Gasteiger charge is 2.18. The Morgan fingerprint density at radius 2 is 1.86 bits per heavy atom. The van der Waals surface area contributed by atoms with Crippen molar-refractivity contribution >= 4 is 17.9 Å². The molecule has 0 saturated heterocycles. The molecule has 6 nitrogen and oxygen atoms in total. The summed E-state index contributed by atoms with van der Waals surface area (Å²) in [7, 11) is 0. The van der Waals surface area contributed by atoms with E-state index >= 15 is 0 Å². The van der Waals surface area contributed by atoms with Gasteiger partial charge in [-0.1, -0.05) is 24.3 Å². The van der Waals surface area contributed by atoms with Gasteiger partial charge in [-0.2, -0.15) is 5.26 Å². The first-order valence-electron chi connectivity index (χ1n) is 10.9. The number of rotatable bonds is 9. The highest BCUT2D eigenvalue weighted by molar-refractivity contribution is 5.84. The number of nitriles is 1. The molecule has 0 spiro atoms. The normalized spacial score (nSPS) is 10.4. The zero-order chi connectivity index (χ0) is 24.6. The fraction of sp³-hybridized carbons (Fsp3) is 0.111. The van der Waals surface area contributed by atoms with Crippen molar-refractivity contribution in [1.82, 2.24) is 9.97 Å². The average Bonchev–Trinajstić information content (AvgIpc) is 2.88. The summed E-state index contributed by atoms with van der Waals surface area (Å²) in [6, 6.07) is 19.4. The highest BCUT2D eigenvalue weighted by Crippen LogP contribution is 2.31. The number of aromatic nitrogens is 2. The van der Waals surface area contributed by atoms with E-state index in [1.807, 2.05) is 18.2 Å². The number of hydrogen-bond acceptors (Lipinski definition) is 5. The lowest BCUT2D eigenvalue weighted by atomic mass is 10.0. The van der Waals surface area contributed by atoms with Crippen LogP contribution in [0.1, 0.15) is 16.7 Å². The van der Waals surface area contributed by atoms with Gasteiger partial charge in [0.2, 0.25) is 6.41 Å². The van der Waals surface area contributed by atoms with Crippen molar-refractivity contribution in [3.63, 3.8) is 0 Å². The van der Waals surface area contributed by atoms with E-state index in [9.17, 15) is 18.8 Å². The lowest BCUT2D eigenvalue weighted by Crippen LogP contribution is -2.23. The van der Waals surface area contributed by atoms with Crippen molar-refractivity contribution in [2.75, 3.05) is 16.8 Å². The summed E-state index contributed by atoms with van der Waals surface area (Å²) in [5.74, 6) is -0.560. The predicted molar refractivity (Wildman–Crippen MR) is 129 cm³/mol. The van der Waals surface area contributed by atoms with Crippen LogP contribution in [-0.4, -0.2) is 22.9 Å². The molecule has 0 unspecified atom stereocenters. The molecule has 1 N–H and O–H groups in total. The fourth-order valence-electron chi connectivity index (χ4n) is 3.72. The van der Waals surface area contributed by atoms with Gasteiger partial charge in [-0.15, -0.1) is 0 Å². The Balaban J connectivity index is 1.69. The van der Waals surface area contributed by atoms with Gasteiger partial charge in [0.15, 0.2) is 5.82 Å². The zero-order valence-electron chi connectivity index (χ0n) is 18.7. The van der Waals surface area contributed by atoms with E-state index in [0.29, 0.717) is 30.9 Å². The van der Waals surface area contributed by atoms with Gasteiger partial charge >= 0.3 is 0 Å². The van der Waals surface area contributed by atoms with Gasteiger partial charge in [-0.05, 0) is 60.0 Å². The first kappa shape index (κ1) is 23.5. The number of anilines is 2. The third-order valence-electron chi connectivity index (χ3n) is 5.37. The van der Waals surface area contributed by atoms with Gasteiger partial charge in [-0.25, -0.2) is 13.8 Å². The number of amides is 1. The van der Waals surface area contributed by atoms with Crippen LogP contribution >= 0.6 is 0 Å². The summed E-state index contributed by atoms with van der Waals surface area (Å²) >= 11 is 0. The number of hydrogen-bond donors (Lipinski definition) is 1. The molecule has 1 amide bonds. The molecule has 4 aromatic rings. The van der Waals surface area contributed by atoms with Crippen molar-refractivity contribution in [2.24, 2.45) is 0 Å². The molecule has 0 radical (unpaired) electrons. The summed E-state index contributed by atoms with van der Waals surface area (Å²) in [6.45, 7) is 0.634. The number of carbonyl (C=O) groups is 1. The Hall–Kier alpha value is -4.64. The molecular weight excluding hydrogens is 448 g/mol. The van der Waals surface area contributed by atoms with Gasteiger partial charge in [0.1, 0.15) is 11.6 Å². The molecule has 0 bridgehead atoms. The van der Waals surface area contributed by atoms with E-state index in [0.717, 1.165) is 11.1 Å². The molecule has 2 aromatic heterocycles. The van der Waals surface area contributed by atoms with E-state index in [1.165, 1.54) is 35.2 Å². The molecule has 0 fully saturated rings. The number of carbonyl (C=O) groups excluding carboxylic acids is 1. The monoisotopic (exact) mass is 469 g/mol. The molecule has 0 atom stereocenters. The van der Waals surface area contributed by atoms with E-state index in [-0.39, 0.29) is 29.2 Å². The van der Waals surface area contributed by atoms with Gasteiger partial charge in [-0.3, -0.25) is 9.78 Å². The molecule has 8 heteroatoms. The zero-order valence-corrected chi connectivity index (χ0v) is 18.7. The average molecular weight is 469 g/mol. The van der Waals surface area contributed by atoms with Crippen LogP contribution in [0.5, 0.6) is 0 Å². The van der Waals surface area contributed by atoms with Crippen molar-refractivity contribution in [3.8, 4) is 17.3 Å². The van der Waals surface area contributed by atoms with Crippen molar-refractivity contribution in [3.05, 3.63) is 107 Å². The van der Waals surface area contributed by atoms with Crippen LogP contribution in [0.4, 0.5) is 20.3 Å². The first-order valence-corrected chi connectivity index (χ1v) is 10.9. The molecule has 35 heavy (non-hydrogen) atoms. The van der Waals surface area contributed by atoms with E-state index in [2.05, 4.69) is 15.3 Å². The number of nitrogens with one attached hydrogen (secondary N) is 1. The van der Waals surface area contributed by atoms with E-state index < -0.39 is 5.82 Å². The minimum absolute atomic E-state index is 0.0830. The summed E-state index contributed by atoms with van der Waals surface area (Å²) in [6.07, 6.45) is 4.49. The summed E-state index contributed by atoms with van der Waals surface area (Å²) in [5.41, 5.74) is 2.57. The molecule has 174 valence electrons. The van der Waals surface area contributed by atoms with Crippen LogP contribution in [0, 0.1) is 23.0 Å². The fourth-order valence-corrected chi connectivity index (χ4v) is 3.72. The Morgan fingerprint density at radius 1 is 1.03 bits per heavy atom. The van der Waals surface area contributed by atoms with Crippen molar-refractivity contribution in [1.29, 1.82) is 5.26 Å². The minimum atomic E-state index is -0.572. The third-order valence-corrected chi connectivity index (χ3v) is 5.37. The molecule has 2 aromatic carbocycles. The molecule has 4 rings (SSSR count). The number of pyridine rings is 2. The van der Waals surface area contributed by atoms with Crippen LogP contribution in [-0.2, 0) is 17.8 Å². The largest absolute Gasteiger partial charge is 0.368 e. The number of benzene rings is 2. The highest BCUT2D eigenvalue weighted by atomic mass is 19.1. The summed E-state index contributed by atoms with van der Waals surface area (Å²) in [4.78, 5) is 22.1. The van der Waals surface area contributed by atoms with Crippen LogP contribution in [0.25, 0.3) is 11.3 Å². The second-order valence-electron chi connectivity index (χ2n) is 7.74. The molecule has 0 aliphatic heterocycles. The molecule has 2 heterocycles.